The third-order valence-corrected chi connectivity index (χ3v) is 4.14. The number of unbranched alkanes of at least 4 members (excludes halogenated alkanes) is 3. The largest absolute Gasteiger partial charge is 0.455 e. The van der Waals surface area contributed by atoms with Gasteiger partial charge in [-0.1, -0.05) is 62.6 Å². The van der Waals surface area contributed by atoms with Gasteiger partial charge in [0.25, 0.3) is 0 Å². The van der Waals surface area contributed by atoms with Gasteiger partial charge in [0.2, 0.25) is 6.29 Å². The van der Waals surface area contributed by atoms with Crippen LogP contribution in [0.15, 0.2) is 48.5 Å². The lowest BCUT2D eigenvalue weighted by molar-refractivity contribution is -0.00536. The molecule has 22 heavy (non-hydrogen) atoms. The molecule has 0 unspecified atom stereocenters. The van der Waals surface area contributed by atoms with Gasteiger partial charge in [0.05, 0.1) is 0 Å². The molecule has 116 valence electrons. The maximum Gasteiger partial charge on any atom is 0.241 e. The molecule has 0 radical (unpaired) electrons. The van der Waals surface area contributed by atoms with Crippen LogP contribution in [0.4, 0.5) is 0 Å². The van der Waals surface area contributed by atoms with Crippen LogP contribution in [0.3, 0.4) is 0 Å². The highest BCUT2D eigenvalue weighted by Crippen LogP contribution is 2.31. The highest BCUT2D eigenvalue weighted by atomic mass is 16.7. The molecule has 0 N–H and O–H groups in total. The average molecular weight is 296 g/mol. The van der Waals surface area contributed by atoms with E-state index in [1.165, 1.54) is 30.4 Å². The van der Waals surface area contributed by atoms with Gasteiger partial charge >= 0.3 is 0 Å². The van der Waals surface area contributed by atoms with E-state index in [4.69, 9.17) is 9.47 Å². The van der Waals surface area contributed by atoms with Gasteiger partial charge in [-0.05, 0) is 29.7 Å². The molecular formula is C20H24O2. The van der Waals surface area contributed by atoms with Crippen molar-refractivity contribution in [1.82, 2.24) is 0 Å². The smallest absolute Gasteiger partial charge is 0.241 e. The number of hydrogen-bond donors (Lipinski definition) is 0. The van der Waals surface area contributed by atoms with Crippen LogP contribution in [-0.4, -0.2) is 6.29 Å². The zero-order chi connectivity index (χ0) is 15.2. The third kappa shape index (κ3) is 3.62. The lowest BCUT2D eigenvalue weighted by Gasteiger charge is -2.26. The molecule has 2 heteroatoms. The molecule has 0 spiro atoms. The number of hydrogen-bond acceptors (Lipinski definition) is 2. The predicted octanol–water partition coefficient (Wildman–Crippen LogP) is 5.35. The highest BCUT2D eigenvalue weighted by molar-refractivity contribution is 5.43. The third-order valence-electron chi connectivity index (χ3n) is 4.14. The molecule has 0 fully saturated rings. The molecule has 2 nitrogen and oxygen atoms in total. The Labute approximate surface area is 133 Å². The Morgan fingerprint density at radius 3 is 2.00 bits per heavy atom. The van der Waals surface area contributed by atoms with E-state index in [9.17, 15) is 0 Å². The van der Waals surface area contributed by atoms with E-state index in [0.717, 1.165) is 30.8 Å². The van der Waals surface area contributed by atoms with Crippen molar-refractivity contribution in [2.24, 2.45) is 0 Å². The maximum absolute atomic E-state index is 6.15. The predicted molar refractivity (Wildman–Crippen MR) is 89.5 cm³/mol. The Hall–Kier alpha value is -1.96. The Kier molecular flexibility index (Phi) is 4.99. The van der Waals surface area contributed by atoms with E-state index < -0.39 is 0 Å². The molecule has 3 rings (SSSR count). The van der Waals surface area contributed by atoms with Crippen LogP contribution in [0.2, 0.25) is 0 Å². The fourth-order valence-electron chi connectivity index (χ4n) is 2.90. The minimum Gasteiger partial charge on any atom is -0.455 e. The van der Waals surface area contributed by atoms with E-state index in [1.54, 1.807) is 0 Å². The second-order valence-corrected chi connectivity index (χ2v) is 5.91. The van der Waals surface area contributed by atoms with Gasteiger partial charge in [-0.15, -0.1) is 0 Å². The van der Waals surface area contributed by atoms with Crippen molar-refractivity contribution in [1.29, 1.82) is 0 Å². The van der Waals surface area contributed by atoms with Crippen molar-refractivity contribution < 1.29 is 9.47 Å². The van der Waals surface area contributed by atoms with Crippen molar-refractivity contribution in [2.45, 2.75) is 51.7 Å². The van der Waals surface area contributed by atoms with Crippen molar-refractivity contribution in [3.05, 3.63) is 59.7 Å². The molecule has 0 amide bonds. The molecule has 1 aliphatic rings. The summed E-state index contributed by atoms with van der Waals surface area (Å²) in [6, 6.07) is 16.6. The molecule has 1 aliphatic heterocycles. The first kappa shape index (κ1) is 15.0. The molecule has 0 aromatic heterocycles. The molecule has 0 saturated carbocycles. The van der Waals surface area contributed by atoms with Crippen LogP contribution in [0.25, 0.3) is 0 Å². The standard InChI is InChI=1S/C20H24O2/c1-2-3-4-5-14-20-21-18-12-8-6-10-16(18)15-17-11-7-9-13-19(17)22-20/h6-13,20H,2-5,14-15H2,1H3. The van der Waals surface area contributed by atoms with Crippen LogP contribution < -0.4 is 9.47 Å². The van der Waals surface area contributed by atoms with Gasteiger partial charge in [-0.25, -0.2) is 0 Å². The maximum atomic E-state index is 6.15. The molecule has 0 saturated heterocycles. The van der Waals surface area contributed by atoms with Crippen molar-refractivity contribution in [3.8, 4) is 11.5 Å². The van der Waals surface area contributed by atoms with Crippen LogP contribution in [-0.2, 0) is 6.42 Å². The topological polar surface area (TPSA) is 18.5 Å². The molecule has 1 heterocycles. The average Bonchev–Trinajstić information content (AvgIpc) is 2.53. The van der Waals surface area contributed by atoms with Crippen molar-refractivity contribution >= 4 is 0 Å². The van der Waals surface area contributed by atoms with Crippen molar-refractivity contribution in [3.63, 3.8) is 0 Å². The Morgan fingerprint density at radius 1 is 0.818 bits per heavy atom. The monoisotopic (exact) mass is 296 g/mol. The highest BCUT2D eigenvalue weighted by Gasteiger charge is 2.19. The summed E-state index contributed by atoms with van der Waals surface area (Å²) >= 11 is 0. The van der Waals surface area contributed by atoms with E-state index in [2.05, 4.69) is 31.2 Å². The summed E-state index contributed by atoms with van der Waals surface area (Å²) in [4.78, 5) is 0. The van der Waals surface area contributed by atoms with Gasteiger partial charge in [-0.3, -0.25) is 0 Å². The van der Waals surface area contributed by atoms with E-state index in [1.807, 2.05) is 24.3 Å². The van der Waals surface area contributed by atoms with Gasteiger partial charge in [0, 0.05) is 12.8 Å². The second kappa shape index (κ2) is 7.35. The van der Waals surface area contributed by atoms with Gasteiger partial charge < -0.3 is 9.47 Å². The van der Waals surface area contributed by atoms with E-state index >= 15 is 0 Å². The lowest BCUT2D eigenvalue weighted by atomic mass is 10.0. The zero-order valence-electron chi connectivity index (χ0n) is 13.3. The van der Waals surface area contributed by atoms with Crippen LogP contribution >= 0.6 is 0 Å². The summed E-state index contributed by atoms with van der Waals surface area (Å²) in [5.41, 5.74) is 2.47. The summed E-state index contributed by atoms with van der Waals surface area (Å²) < 4.78 is 12.3. The lowest BCUT2D eigenvalue weighted by Crippen LogP contribution is -2.26. The molecule has 0 bridgehead atoms. The SMILES string of the molecule is CCCCCCC1Oc2ccccc2Cc2ccccc2O1. The molecule has 0 aliphatic carbocycles. The minimum absolute atomic E-state index is 0.195. The van der Waals surface area contributed by atoms with Crippen molar-refractivity contribution in [2.75, 3.05) is 0 Å². The summed E-state index contributed by atoms with van der Waals surface area (Å²) in [5, 5.41) is 0. The summed E-state index contributed by atoms with van der Waals surface area (Å²) in [6.07, 6.45) is 6.50. The Bertz CT molecular complexity index is 559. The first-order chi connectivity index (χ1) is 10.9. The van der Waals surface area contributed by atoms with Gasteiger partial charge in [0.15, 0.2) is 0 Å². The van der Waals surface area contributed by atoms with Gasteiger partial charge in [0.1, 0.15) is 11.5 Å². The number of rotatable bonds is 5. The Balaban J connectivity index is 1.81. The van der Waals surface area contributed by atoms with Crippen LogP contribution in [0.1, 0.15) is 50.2 Å². The normalized spacial score (nSPS) is 14.0. The first-order valence-corrected chi connectivity index (χ1v) is 8.36. The fraction of sp³-hybridized carbons (Fsp3) is 0.400. The number of benzene rings is 2. The molecular weight excluding hydrogens is 272 g/mol. The van der Waals surface area contributed by atoms with Crippen LogP contribution in [0, 0.1) is 0 Å². The molecule has 0 atom stereocenters. The minimum atomic E-state index is -0.195. The summed E-state index contributed by atoms with van der Waals surface area (Å²) in [6.45, 7) is 2.23. The number of fused-ring (bicyclic) bond motifs is 2. The Morgan fingerprint density at radius 2 is 1.41 bits per heavy atom. The van der Waals surface area contributed by atoms with Crippen LogP contribution in [0.5, 0.6) is 11.5 Å². The fourth-order valence-corrected chi connectivity index (χ4v) is 2.90. The van der Waals surface area contributed by atoms with E-state index in [-0.39, 0.29) is 6.29 Å². The summed E-state index contributed by atoms with van der Waals surface area (Å²) in [7, 11) is 0. The molecule has 2 aromatic rings. The molecule has 2 aromatic carbocycles. The quantitative estimate of drug-likeness (QED) is 0.693. The van der Waals surface area contributed by atoms with E-state index in [0.29, 0.717) is 0 Å². The first-order valence-electron chi connectivity index (χ1n) is 8.36. The number of para-hydroxylation sites is 2. The zero-order valence-corrected chi connectivity index (χ0v) is 13.3. The second-order valence-electron chi connectivity index (χ2n) is 5.91. The van der Waals surface area contributed by atoms with Gasteiger partial charge in [-0.2, -0.15) is 0 Å². The number of ether oxygens (including phenoxy) is 2. The summed E-state index contributed by atoms with van der Waals surface area (Å²) in [5.74, 6) is 1.91.